The Balaban J connectivity index is 1.71. The summed E-state index contributed by atoms with van der Waals surface area (Å²) in [6, 6.07) is 10.0. The highest BCUT2D eigenvalue weighted by molar-refractivity contribution is 5.95. The zero-order chi connectivity index (χ0) is 18.7. The lowest BCUT2D eigenvalue weighted by molar-refractivity contribution is 0.0953. The number of carbonyl (C=O) groups is 1. The van der Waals surface area contributed by atoms with Crippen LogP contribution in [0, 0.1) is 19.8 Å². The van der Waals surface area contributed by atoms with Crippen molar-refractivity contribution in [2.24, 2.45) is 5.92 Å². The third-order valence-corrected chi connectivity index (χ3v) is 4.58. The number of aryl methyl sites for hydroxylation is 2. The van der Waals surface area contributed by atoms with Gasteiger partial charge in [-0.05, 0) is 55.5 Å². The molecule has 26 heavy (non-hydrogen) atoms. The third-order valence-electron chi connectivity index (χ3n) is 4.58. The summed E-state index contributed by atoms with van der Waals surface area (Å²) in [4.78, 5) is 17.0. The maximum atomic E-state index is 12.5. The molecule has 2 aromatic heterocycles. The maximum absolute atomic E-state index is 12.5. The number of amides is 1. The van der Waals surface area contributed by atoms with E-state index in [0.29, 0.717) is 12.5 Å². The molecule has 0 saturated carbocycles. The number of hydrogen-bond donors (Lipinski definition) is 1. The predicted molar refractivity (Wildman–Crippen MR) is 107 cm³/mol. The van der Waals surface area contributed by atoms with Crippen molar-refractivity contribution >= 4 is 16.9 Å². The van der Waals surface area contributed by atoms with Gasteiger partial charge in [-0.15, -0.1) is 0 Å². The minimum absolute atomic E-state index is 0.00783. The second-order valence-corrected chi connectivity index (χ2v) is 7.40. The number of nitrogens with one attached hydrogen (secondary N) is 1. The third kappa shape index (κ3) is 3.96. The summed E-state index contributed by atoms with van der Waals surface area (Å²) in [6.45, 7) is 9.99. The van der Waals surface area contributed by atoms with Crippen molar-refractivity contribution in [3.8, 4) is 0 Å². The number of benzene rings is 1. The molecule has 0 spiro atoms. The fourth-order valence-corrected chi connectivity index (χ4v) is 3.40. The van der Waals surface area contributed by atoms with Gasteiger partial charge in [-0.3, -0.25) is 4.79 Å². The molecule has 1 aromatic carbocycles. The van der Waals surface area contributed by atoms with Gasteiger partial charge in [0, 0.05) is 36.4 Å². The summed E-state index contributed by atoms with van der Waals surface area (Å²) in [7, 11) is 0. The number of carbonyl (C=O) groups excluding carboxylic acids is 1. The molecule has 0 atom stereocenters. The van der Waals surface area contributed by atoms with Crippen LogP contribution in [0.5, 0.6) is 0 Å². The van der Waals surface area contributed by atoms with Crippen molar-refractivity contribution in [3.05, 3.63) is 65.0 Å². The molecule has 0 aliphatic heterocycles. The Hall–Kier alpha value is -2.62. The van der Waals surface area contributed by atoms with Crippen LogP contribution in [-0.2, 0) is 13.0 Å². The van der Waals surface area contributed by atoms with Gasteiger partial charge >= 0.3 is 0 Å². The summed E-state index contributed by atoms with van der Waals surface area (Å²) in [5.41, 5.74) is 5.19. The molecule has 136 valence electrons. The number of hydrogen-bond acceptors (Lipinski definition) is 2. The molecule has 0 unspecified atom stereocenters. The molecule has 0 fully saturated rings. The van der Waals surface area contributed by atoms with Crippen molar-refractivity contribution in [3.63, 3.8) is 0 Å². The van der Waals surface area contributed by atoms with Gasteiger partial charge in [0.25, 0.3) is 5.91 Å². The molecule has 4 nitrogen and oxygen atoms in total. The van der Waals surface area contributed by atoms with E-state index in [1.54, 1.807) is 0 Å². The Morgan fingerprint density at radius 3 is 2.77 bits per heavy atom. The van der Waals surface area contributed by atoms with Gasteiger partial charge in [0.2, 0.25) is 0 Å². The Morgan fingerprint density at radius 1 is 1.23 bits per heavy atom. The summed E-state index contributed by atoms with van der Waals surface area (Å²) < 4.78 is 2.22. The van der Waals surface area contributed by atoms with Crippen LogP contribution in [0.3, 0.4) is 0 Å². The van der Waals surface area contributed by atoms with Gasteiger partial charge < -0.3 is 9.88 Å². The molecule has 1 amide bonds. The van der Waals surface area contributed by atoms with Crippen LogP contribution in [0.1, 0.15) is 40.9 Å². The monoisotopic (exact) mass is 349 g/mol. The van der Waals surface area contributed by atoms with E-state index in [9.17, 15) is 4.79 Å². The van der Waals surface area contributed by atoms with Crippen LogP contribution in [0.2, 0.25) is 0 Å². The predicted octanol–water partition coefficient (Wildman–Crippen LogP) is 4.28. The SMILES string of the molecule is Cc1ccc(C(=O)NCCc2cn(CC(C)C)c3ncccc23)c(C)c1. The number of rotatable bonds is 6. The Morgan fingerprint density at radius 2 is 2.04 bits per heavy atom. The molecule has 0 bridgehead atoms. The lowest BCUT2D eigenvalue weighted by Crippen LogP contribution is -2.26. The normalized spacial score (nSPS) is 11.3. The number of pyridine rings is 1. The largest absolute Gasteiger partial charge is 0.352 e. The van der Waals surface area contributed by atoms with E-state index < -0.39 is 0 Å². The minimum atomic E-state index is -0.00783. The van der Waals surface area contributed by atoms with Crippen LogP contribution in [0.25, 0.3) is 11.0 Å². The van der Waals surface area contributed by atoms with Gasteiger partial charge in [-0.1, -0.05) is 31.5 Å². The molecule has 1 N–H and O–H groups in total. The maximum Gasteiger partial charge on any atom is 0.251 e. The molecular formula is C22H27N3O. The van der Waals surface area contributed by atoms with Crippen molar-refractivity contribution in [1.82, 2.24) is 14.9 Å². The van der Waals surface area contributed by atoms with Crippen molar-refractivity contribution in [2.75, 3.05) is 6.54 Å². The molecule has 0 saturated heterocycles. The fourth-order valence-electron chi connectivity index (χ4n) is 3.40. The van der Waals surface area contributed by atoms with Crippen LogP contribution in [0.4, 0.5) is 0 Å². The van der Waals surface area contributed by atoms with Gasteiger partial charge in [0.15, 0.2) is 0 Å². The second-order valence-electron chi connectivity index (χ2n) is 7.40. The standard InChI is InChI=1S/C22H27N3O/c1-15(2)13-25-14-18(20-6-5-10-23-21(20)25)9-11-24-22(26)19-8-7-16(3)12-17(19)4/h5-8,10,12,14-15H,9,11,13H2,1-4H3,(H,24,26). The van der Waals surface area contributed by atoms with Crippen molar-refractivity contribution in [2.45, 2.75) is 40.7 Å². The summed E-state index contributed by atoms with van der Waals surface area (Å²) in [5, 5.41) is 4.23. The van der Waals surface area contributed by atoms with E-state index in [0.717, 1.165) is 29.7 Å². The molecule has 4 heteroatoms. The molecule has 3 rings (SSSR count). The Labute approximate surface area is 155 Å². The van der Waals surface area contributed by atoms with Crippen molar-refractivity contribution in [1.29, 1.82) is 0 Å². The van der Waals surface area contributed by atoms with Gasteiger partial charge in [-0.25, -0.2) is 4.98 Å². The lowest BCUT2D eigenvalue weighted by atomic mass is 10.1. The van der Waals surface area contributed by atoms with Crippen LogP contribution < -0.4 is 5.32 Å². The highest BCUT2D eigenvalue weighted by Crippen LogP contribution is 2.21. The van der Waals surface area contributed by atoms with Crippen LogP contribution in [0.15, 0.2) is 42.7 Å². The average Bonchev–Trinajstić information content (AvgIpc) is 2.92. The molecular weight excluding hydrogens is 322 g/mol. The van der Waals surface area contributed by atoms with Crippen molar-refractivity contribution < 1.29 is 4.79 Å². The quantitative estimate of drug-likeness (QED) is 0.722. The van der Waals surface area contributed by atoms with Crippen LogP contribution in [-0.4, -0.2) is 22.0 Å². The molecule has 3 aromatic rings. The molecule has 0 aliphatic carbocycles. The summed E-state index contributed by atoms with van der Waals surface area (Å²) in [5.74, 6) is 0.552. The lowest BCUT2D eigenvalue weighted by Gasteiger charge is -2.08. The topological polar surface area (TPSA) is 46.9 Å². The number of nitrogens with zero attached hydrogens (tertiary/aromatic N) is 2. The minimum Gasteiger partial charge on any atom is -0.352 e. The van der Waals surface area contributed by atoms with Crippen LogP contribution >= 0.6 is 0 Å². The summed E-state index contributed by atoms with van der Waals surface area (Å²) in [6.07, 6.45) is 4.82. The second kappa shape index (κ2) is 7.73. The van der Waals surface area contributed by atoms with E-state index in [1.165, 1.54) is 16.5 Å². The first-order valence-electron chi connectivity index (χ1n) is 9.24. The van der Waals surface area contributed by atoms with E-state index in [1.807, 2.05) is 44.3 Å². The first-order chi connectivity index (χ1) is 12.5. The van der Waals surface area contributed by atoms with E-state index >= 15 is 0 Å². The molecule has 2 heterocycles. The number of fused-ring (bicyclic) bond motifs is 1. The zero-order valence-electron chi connectivity index (χ0n) is 16.0. The highest BCUT2D eigenvalue weighted by atomic mass is 16.1. The fraction of sp³-hybridized carbons (Fsp3) is 0.364. The highest BCUT2D eigenvalue weighted by Gasteiger charge is 2.12. The molecule has 0 aliphatic rings. The Kier molecular flexibility index (Phi) is 5.40. The summed E-state index contributed by atoms with van der Waals surface area (Å²) >= 11 is 0. The van der Waals surface area contributed by atoms with E-state index in [4.69, 9.17) is 0 Å². The van der Waals surface area contributed by atoms with Gasteiger partial charge in [0.05, 0.1) is 0 Å². The zero-order valence-corrected chi connectivity index (χ0v) is 16.0. The smallest absolute Gasteiger partial charge is 0.251 e. The van der Waals surface area contributed by atoms with Gasteiger partial charge in [0.1, 0.15) is 5.65 Å². The van der Waals surface area contributed by atoms with E-state index in [2.05, 4.69) is 41.0 Å². The van der Waals surface area contributed by atoms with E-state index in [-0.39, 0.29) is 5.91 Å². The average molecular weight is 349 g/mol. The first-order valence-corrected chi connectivity index (χ1v) is 9.24. The number of aromatic nitrogens is 2. The van der Waals surface area contributed by atoms with Gasteiger partial charge in [-0.2, -0.15) is 0 Å². The first kappa shape index (κ1) is 18.2. The molecule has 0 radical (unpaired) electrons. The Bertz CT molecular complexity index is 924.